The van der Waals surface area contributed by atoms with Gasteiger partial charge in [0.25, 0.3) is 0 Å². The summed E-state index contributed by atoms with van der Waals surface area (Å²) in [6.07, 6.45) is -0.504. The van der Waals surface area contributed by atoms with E-state index in [0.717, 1.165) is 32.3 Å². The highest BCUT2D eigenvalue weighted by Gasteiger charge is 2.35. The van der Waals surface area contributed by atoms with Gasteiger partial charge in [-0.05, 0) is 105 Å². The van der Waals surface area contributed by atoms with Crippen LogP contribution in [-0.4, -0.2) is 180 Å². The third-order valence-electron chi connectivity index (χ3n) is 11.8. The first-order valence-electron chi connectivity index (χ1n) is 30.0. The number of hydrogen-bond donors (Lipinski definition) is 6. The molecule has 35 heteroatoms. The molecular weight excluding hydrogens is 1300 g/mol. The number of benzene rings is 2. The highest BCUT2D eigenvalue weighted by molar-refractivity contribution is 7.54. The van der Waals surface area contributed by atoms with E-state index in [9.17, 15) is 57.1 Å². The van der Waals surface area contributed by atoms with E-state index in [1.54, 1.807) is 106 Å². The molecule has 0 fully saturated rings. The second kappa shape index (κ2) is 44.2. The number of alkyl carbamates (subject to hydrolysis) is 2. The highest BCUT2D eigenvalue weighted by atomic mass is 31.2. The van der Waals surface area contributed by atoms with Crippen LogP contribution in [0.3, 0.4) is 0 Å². The number of hydrogen-bond acceptors (Lipinski definition) is 25. The van der Waals surface area contributed by atoms with Crippen molar-refractivity contribution in [2.24, 2.45) is 0 Å². The largest absolute Gasteiger partial charge is 0.480 e. The monoisotopic (exact) mass is 1400 g/mol. The van der Waals surface area contributed by atoms with Crippen molar-refractivity contribution in [1.29, 1.82) is 0 Å². The van der Waals surface area contributed by atoms with Crippen LogP contribution in [0, 0.1) is 0 Å². The van der Waals surface area contributed by atoms with Crippen LogP contribution < -0.4 is 38.0 Å². The van der Waals surface area contributed by atoms with Crippen molar-refractivity contribution in [2.75, 3.05) is 89.8 Å². The molecule has 0 unspecified atom stereocenters. The van der Waals surface area contributed by atoms with Gasteiger partial charge in [-0.1, -0.05) is 68.1 Å². The number of aliphatic carboxylic acids is 1. The van der Waals surface area contributed by atoms with Gasteiger partial charge in [0.2, 0.25) is 5.91 Å². The zero-order valence-corrected chi connectivity index (χ0v) is 57.4. The number of carbonyl (C=O) groups is 8. The Morgan fingerprint density at radius 3 is 1.35 bits per heavy atom. The molecule has 536 valence electrons. The molecule has 96 heavy (non-hydrogen) atoms. The normalized spacial score (nSPS) is 11.8. The number of methoxy groups -OCH3 is 2. The fourth-order valence-corrected chi connectivity index (χ4v) is 11.2. The Bertz CT molecular complexity index is 3270. The summed E-state index contributed by atoms with van der Waals surface area (Å²) in [5, 5.41) is 21.3. The average Bonchev–Trinajstić information content (AvgIpc) is 1.93. The number of nitrogens with one attached hydrogen (secondary N) is 5. The fraction of sp³-hybridized carbons (Fsp3) is 0.541. The first-order valence-corrected chi connectivity index (χ1v) is 33.5. The lowest BCUT2D eigenvalue weighted by Gasteiger charge is -2.31. The number of amides is 5. The standard InChI is InChI=1S/C30H44N5O11P.C16H33N2O7P.C14H13N3O5.CH4/c1-7-44-47(41,45-8-2)19-15-23(26(37)42-6)35(18-16-31-28(39)46-30(3,4)5)25(36)20-34-17-14-24(32-27(34)38)33-29(40)43-21-22-12-10-9-11-13-22;1-7-23-26(21,24-8-2)12-9-13(14(19)22-6)17-10-11-18-15(20)25-16(3,4)5;18-12(19)8-17-7-6-11(15-13(17)20)16-14(21)22-9-10-4-2-1-3-5-10;/h9-14,17,23H,7-8,15-16,18-21H2,1-6H3,(H,31,39)(H,32,33,38,40);13,17H,7-12H2,1-6H3,(H,18,20);1-7H,8-9H2,(H,18,19)(H,15,16,20,21);1H4/t23-;13-;;/m11../s1. The Morgan fingerprint density at radius 2 is 0.969 bits per heavy atom. The van der Waals surface area contributed by atoms with E-state index in [-0.39, 0.29) is 104 Å². The second-order valence-corrected chi connectivity index (χ2v) is 26.0. The molecule has 0 aliphatic heterocycles. The number of anilines is 2. The van der Waals surface area contributed by atoms with Crippen LogP contribution in [0.5, 0.6) is 0 Å². The predicted octanol–water partition coefficient (Wildman–Crippen LogP) is 7.55. The number of esters is 2. The predicted molar refractivity (Wildman–Crippen MR) is 352 cm³/mol. The van der Waals surface area contributed by atoms with Crippen LogP contribution >= 0.6 is 15.2 Å². The molecule has 0 radical (unpaired) electrons. The van der Waals surface area contributed by atoms with Crippen LogP contribution in [0.25, 0.3) is 0 Å². The average molecular weight is 1400 g/mol. The van der Waals surface area contributed by atoms with Gasteiger partial charge in [0.15, 0.2) is 0 Å². The topological polar surface area (TPSA) is 416 Å². The molecule has 0 saturated heterocycles. The second-order valence-electron chi connectivity index (χ2n) is 21.6. The van der Waals surface area contributed by atoms with Crippen molar-refractivity contribution >= 4 is 75.0 Å². The van der Waals surface area contributed by atoms with Crippen molar-refractivity contribution in [2.45, 2.75) is 139 Å². The third-order valence-corrected chi connectivity index (χ3v) is 16.0. The summed E-state index contributed by atoms with van der Waals surface area (Å²) in [5.74, 6) is -3.31. The molecule has 2 aromatic carbocycles. The first-order chi connectivity index (χ1) is 44.8. The Kier molecular flexibility index (Phi) is 39.3. The molecule has 5 amide bonds. The number of aromatic nitrogens is 4. The zero-order valence-electron chi connectivity index (χ0n) is 55.6. The number of ether oxygens (including phenoxy) is 6. The lowest BCUT2D eigenvalue weighted by Crippen LogP contribution is -2.51. The van der Waals surface area contributed by atoms with E-state index in [2.05, 4.69) is 36.6 Å². The fourth-order valence-electron chi connectivity index (χ4n) is 7.79. The molecule has 4 rings (SSSR count). The molecule has 2 aromatic heterocycles. The van der Waals surface area contributed by atoms with Crippen LogP contribution in [0.2, 0.25) is 0 Å². The SMILES string of the molecule is C.CCOP(=O)(CC[C@@H](NCCNC(=O)OC(C)(C)C)C(=O)OC)OCC.CCOP(=O)(CC[C@H](C(=O)OC)N(CCNC(=O)OC(C)(C)C)C(=O)Cn1ccc(NC(=O)OCc2ccccc2)nc1=O)OCC.O=C(O)Cn1ccc(NC(=O)OCc2ccccc2)nc1=O. The molecule has 33 nitrogen and oxygen atoms in total. The molecule has 0 aliphatic carbocycles. The van der Waals surface area contributed by atoms with E-state index >= 15 is 0 Å². The van der Waals surface area contributed by atoms with Crippen molar-refractivity contribution < 1.29 is 99.1 Å². The number of carbonyl (C=O) groups excluding carboxylic acids is 7. The molecular formula is C61H94N10O23P2. The van der Waals surface area contributed by atoms with E-state index in [1.165, 1.54) is 31.6 Å². The molecule has 2 heterocycles. The minimum atomic E-state index is -3.62. The Morgan fingerprint density at radius 1 is 0.562 bits per heavy atom. The van der Waals surface area contributed by atoms with Crippen molar-refractivity contribution in [3.8, 4) is 0 Å². The lowest BCUT2D eigenvalue weighted by molar-refractivity contribution is -0.153. The van der Waals surface area contributed by atoms with Crippen molar-refractivity contribution in [1.82, 2.24) is 40.0 Å². The molecule has 4 aromatic rings. The lowest BCUT2D eigenvalue weighted by atomic mass is 10.2. The summed E-state index contributed by atoms with van der Waals surface area (Å²) in [6.45, 7) is 17.1. The minimum absolute atomic E-state index is 0. The maximum atomic E-state index is 13.7. The minimum Gasteiger partial charge on any atom is -0.480 e. The van der Waals surface area contributed by atoms with Crippen molar-refractivity contribution in [3.05, 3.63) is 117 Å². The van der Waals surface area contributed by atoms with Crippen LogP contribution in [0.1, 0.15) is 101 Å². The van der Waals surface area contributed by atoms with Gasteiger partial charge in [0.05, 0.1) is 53.0 Å². The van der Waals surface area contributed by atoms with E-state index < -0.39 is 111 Å². The van der Waals surface area contributed by atoms with E-state index in [1.807, 2.05) is 24.3 Å². The molecule has 0 saturated carbocycles. The van der Waals surface area contributed by atoms with Gasteiger partial charge in [-0.3, -0.25) is 43.3 Å². The number of carboxylic acids is 1. The zero-order chi connectivity index (χ0) is 71.2. The van der Waals surface area contributed by atoms with Crippen LogP contribution in [0.15, 0.2) is 94.8 Å². The summed E-state index contributed by atoms with van der Waals surface area (Å²) < 4.78 is 78.8. The van der Waals surface area contributed by atoms with Crippen LogP contribution in [0.4, 0.5) is 30.8 Å². The quantitative estimate of drug-likeness (QED) is 0.0114. The Labute approximate surface area is 558 Å². The summed E-state index contributed by atoms with van der Waals surface area (Å²) in [7, 11) is -4.45. The van der Waals surface area contributed by atoms with Gasteiger partial charge in [-0.15, -0.1) is 0 Å². The summed E-state index contributed by atoms with van der Waals surface area (Å²) in [4.78, 5) is 129. The van der Waals surface area contributed by atoms with Gasteiger partial charge in [-0.25, -0.2) is 33.6 Å². The molecule has 6 N–H and O–H groups in total. The highest BCUT2D eigenvalue weighted by Crippen LogP contribution is 2.49. The Balaban J connectivity index is 0.000000791. The van der Waals surface area contributed by atoms with Gasteiger partial charge in [0.1, 0.15) is 61.2 Å². The van der Waals surface area contributed by atoms with Crippen molar-refractivity contribution in [3.63, 3.8) is 0 Å². The number of carboxylic acid groups (broad SMARTS) is 1. The summed E-state index contributed by atoms with van der Waals surface area (Å²) >= 11 is 0. The molecule has 0 spiro atoms. The maximum Gasteiger partial charge on any atom is 0.413 e. The molecule has 0 aliphatic rings. The first kappa shape index (κ1) is 85.4. The maximum absolute atomic E-state index is 13.7. The molecule has 2 atom stereocenters. The van der Waals surface area contributed by atoms with Gasteiger partial charge >= 0.3 is 68.9 Å². The van der Waals surface area contributed by atoms with E-state index in [0.29, 0.717) is 6.54 Å². The van der Waals surface area contributed by atoms with Gasteiger partial charge < -0.3 is 72.5 Å². The Hall–Kier alpha value is -8.58. The van der Waals surface area contributed by atoms with Crippen LogP contribution in [-0.2, 0) is 101 Å². The number of rotatable bonds is 34. The smallest absolute Gasteiger partial charge is 0.413 e. The summed E-state index contributed by atoms with van der Waals surface area (Å²) in [5.41, 5.74) is -1.42. The van der Waals surface area contributed by atoms with Gasteiger partial charge in [0, 0.05) is 38.6 Å². The number of nitrogens with zero attached hydrogens (tertiary/aromatic N) is 5. The molecule has 0 bridgehead atoms. The van der Waals surface area contributed by atoms with Gasteiger partial charge in [-0.2, -0.15) is 9.97 Å². The third kappa shape index (κ3) is 35.8. The van der Waals surface area contributed by atoms with E-state index in [4.69, 9.17) is 51.6 Å². The summed E-state index contributed by atoms with van der Waals surface area (Å²) in [6, 6.07) is 18.7.